The summed E-state index contributed by atoms with van der Waals surface area (Å²) in [5.41, 5.74) is 2.87. The molecule has 158 valence electrons. The number of oxazole rings is 1. The lowest BCUT2D eigenvalue weighted by Gasteiger charge is -2.17. The molecular formula is C24H22N2O4S. The van der Waals surface area contributed by atoms with Gasteiger partial charge >= 0.3 is 6.01 Å². The Bertz CT molecular complexity index is 1260. The average Bonchev–Trinajstić information content (AvgIpc) is 3.20. The van der Waals surface area contributed by atoms with Crippen molar-refractivity contribution in [3.8, 4) is 0 Å². The van der Waals surface area contributed by atoms with E-state index in [9.17, 15) is 13.2 Å². The fourth-order valence-electron chi connectivity index (χ4n) is 3.48. The first-order chi connectivity index (χ1) is 15.0. The highest BCUT2D eigenvalue weighted by Gasteiger charge is 2.20. The zero-order chi connectivity index (χ0) is 21.8. The van der Waals surface area contributed by atoms with Gasteiger partial charge in [0.2, 0.25) is 5.91 Å². The third-order valence-corrected chi connectivity index (χ3v) is 6.87. The number of nitrogens with zero attached hydrogens (tertiary/aromatic N) is 1. The summed E-state index contributed by atoms with van der Waals surface area (Å²) in [5.74, 6) is -0.362. The Morgan fingerprint density at radius 1 is 0.968 bits per heavy atom. The van der Waals surface area contributed by atoms with Crippen molar-refractivity contribution < 1.29 is 17.6 Å². The van der Waals surface area contributed by atoms with Crippen LogP contribution in [-0.4, -0.2) is 25.1 Å². The Balaban J connectivity index is 1.56. The fourth-order valence-corrected chi connectivity index (χ4v) is 4.38. The summed E-state index contributed by atoms with van der Waals surface area (Å²) in [6, 6.07) is 24.2. The molecule has 0 saturated heterocycles. The minimum atomic E-state index is -3.35. The summed E-state index contributed by atoms with van der Waals surface area (Å²) in [6.45, 7) is 1.59. The van der Waals surface area contributed by atoms with Gasteiger partial charge in [0.15, 0.2) is 15.4 Å². The van der Waals surface area contributed by atoms with Crippen molar-refractivity contribution in [2.45, 2.75) is 24.2 Å². The molecule has 0 aliphatic heterocycles. The second-order valence-corrected chi connectivity index (χ2v) is 9.46. The molecule has 3 aromatic carbocycles. The summed E-state index contributed by atoms with van der Waals surface area (Å²) < 4.78 is 29.8. The van der Waals surface area contributed by atoms with Crippen LogP contribution >= 0.6 is 0 Å². The Morgan fingerprint density at radius 3 is 2.16 bits per heavy atom. The number of carbonyl (C=O) groups excluding carboxylic acids is 1. The van der Waals surface area contributed by atoms with Crippen LogP contribution in [0.3, 0.4) is 0 Å². The molecule has 1 amide bonds. The summed E-state index contributed by atoms with van der Waals surface area (Å²) in [7, 11) is -3.35. The quantitative estimate of drug-likeness (QED) is 0.452. The molecule has 31 heavy (non-hydrogen) atoms. The third kappa shape index (κ3) is 4.67. The largest absolute Gasteiger partial charge is 0.423 e. The molecular weight excluding hydrogens is 412 g/mol. The fraction of sp³-hybridized carbons (Fsp3) is 0.167. The van der Waals surface area contributed by atoms with Crippen LogP contribution in [-0.2, 0) is 14.6 Å². The molecule has 1 heterocycles. The van der Waals surface area contributed by atoms with Gasteiger partial charge in [-0.25, -0.2) is 8.42 Å². The first-order valence-electron chi connectivity index (χ1n) is 9.99. The average molecular weight is 435 g/mol. The number of hydrogen-bond donors (Lipinski definition) is 1. The molecule has 0 spiro atoms. The lowest BCUT2D eigenvalue weighted by Crippen LogP contribution is -2.16. The number of nitrogens with one attached hydrogen (secondary N) is 1. The second kappa shape index (κ2) is 8.73. The summed E-state index contributed by atoms with van der Waals surface area (Å²) in [6.07, 6.45) is 0.211. The van der Waals surface area contributed by atoms with Crippen LogP contribution in [0.1, 0.15) is 30.4 Å². The maximum absolute atomic E-state index is 12.8. The van der Waals surface area contributed by atoms with Crippen molar-refractivity contribution in [2.75, 3.05) is 11.1 Å². The minimum absolute atomic E-state index is 0.000309. The van der Waals surface area contributed by atoms with Crippen LogP contribution in [0.25, 0.3) is 11.1 Å². The van der Waals surface area contributed by atoms with Gasteiger partial charge in [-0.2, -0.15) is 4.98 Å². The lowest BCUT2D eigenvalue weighted by atomic mass is 9.88. The maximum atomic E-state index is 12.8. The van der Waals surface area contributed by atoms with E-state index < -0.39 is 9.84 Å². The topological polar surface area (TPSA) is 89.3 Å². The molecule has 0 bridgehead atoms. The summed E-state index contributed by atoms with van der Waals surface area (Å²) >= 11 is 0. The molecule has 1 N–H and O–H groups in total. The Kier molecular flexibility index (Phi) is 5.86. The molecule has 0 unspecified atom stereocenters. The van der Waals surface area contributed by atoms with Crippen molar-refractivity contribution >= 4 is 32.9 Å². The third-order valence-electron chi connectivity index (χ3n) is 5.14. The summed E-state index contributed by atoms with van der Waals surface area (Å²) in [5, 5.41) is 2.71. The van der Waals surface area contributed by atoms with E-state index in [0.29, 0.717) is 11.1 Å². The number of fused-ring (bicyclic) bond motifs is 1. The monoisotopic (exact) mass is 434 g/mol. The normalized spacial score (nSPS) is 11.7. The number of aromatic nitrogens is 1. The van der Waals surface area contributed by atoms with Crippen molar-refractivity contribution in [1.82, 2.24) is 4.98 Å². The van der Waals surface area contributed by atoms with E-state index in [-0.39, 0.29) is 34.9 Å². The van der Waals surface area contributed by atoms with E-state index in [1.54, 1.807) is 13.0 Å². The zero-order valence-corrected chi connectivity index (χ0v) is 17.8. The Morgan fingerprint density at radius 2 is 1.58 bits per heavy atom. The van der Waals surface area contributed by atoms with E-state index in [2.05, 4.69) is 10.3 Å². The van der Waals surface area contributed by atoms with Crippen LogP contribution in [0.2, 0.25) is 0 Å². The molecule has 1 aromatic heterocycles. The molecule has 7 heteroatoms. The van der Waals surface area contributed by atoms with E-state index >= 15 is 0 Å². The smallest absolute Gasteiger partial charge is 0.302 e. The van der Waals surface area contributed by atoms with Crippen LogP contribution in [0.4, 0.5) is 6.01 Å². The predicted molar refractivity (Wildman–Crippen MR) is 120 cm³/mol. The van der Waals surface area contributed by atoms with Gasteiger partial charge < -0.3 is 4.42 Å². The second-order valence-electron chi connectivity index (χ2n) is 7.18. The highest BCUT2D eigenvalue weighted by Crippen LogP contribution is 2.29. The highest BCUT2D eigenvalue weighted by atomic mass is 32.2. The van der Waals surface area contributed by atoms with Crippen molar-refractivity contribution in [3.63, 3.8) is 0 Å². The molecule has 0 fully saturated rings. The van der Waals surface area contributed by atoms with Crippen LogP contribution in [0, 0.1) is 0 Å². The SMILES string of the molecule is CCS(=O)(=O)c1ccc2oc(NC(=O)CC(c3ccccc3)c3ccccc3)nc2c1. The van der Waals surface area contributed by atoms with Crippen molar-refractivity contribution in [1.29, 1.82) is 0 Å². The number of amides is 1. The number of benzene rings is 3. The number of carbonyl (C=O) groups is 1. The van der Waals surface area contributed by atoms with E-state index in [0.717, 1.165) is 11.1 Å². The van der Waals surface area contributed by atoms with Gasteiger partial charge in [-0.3, -0.25) is 10.1 Å². The molecule has 0 atom stereocenters. The highest BCUT2D eigenvalue weighted by molar-refractivity contribution is 7.91. The van der Waals surface area contributed by atoms with Gasteiger partial charge in [0, 0.05) is 12.3 Å². The minimum Gasteiger partial charge on any atom is -0.423 e. The van der Waals surface area contributed by atoms with Crippen LogP contribution in [0.5, 0.6) is 0 Å². The molecule has 4 rings (SSSR count). The number of rotatable bonds is 7. The first-order valence-corrected chi connectivity index (χ1v) is 11.6. The van der Waals surface area contributed by atoms with Crippen LogP contribution < -0.4 is 5.32 Å². The molecule has 0 radical (unpaired) electrons. The van der Waals surface area contributed by atoms with Crippen molar-refractivity contribution in [2.24, 2.45) is 0 Å². The van der Waals surface area contributed by atoms with Crippen LogP contribution in [0.15, 0.2) is 88.2 Å². The molecule has 0 aliphatic carbocycles. The van der Waals surface area contributed by atoms with Gasteiger partial charge in [-0.05, 0) is 29.3 Å². The van der Waals surface area contributed by atoms with Gasteiger partial charge in [-0.1, -0.05) is 67.6 Å². The number of anilines is 1. The van der Waals surface area contributed by atoms with Gasteiger partial charge in [0.05, 0.1) is 10.6 Å². The first kappa shape index (κ1) is 20.8. The predicted octanol–water partition coefficient (Wildman–Crippen LogP) is 4.78. The molecule has 4 aromatic rings. The lowest BCUT2D eigenvalue weighted by molar-refractivity contribution is -0.116. The Labute approximate surface area is 180 Å². The molecule has 6 nitrogen and oxygen atoms in total. The molecule has 0 aliphatic rings. The van der Waals surface area contributed by atoms with Gasteiger partial charge in [0.1, 0.15) is 5.52 Å². The van der Waals surface area contributed by atoms with Crippen molar-refractivity contribution in [3.05, 3.63) is 90.0 Å². The van der Waals surface area contributed by atoms with Gasteiger partial charge in [-0.15, -0.1) is 0 Å². The van der Waals surface area contributed by atoms with E-state index in [1.165, 1.54) is 12.1 Å². The van der Waals surface area contributed by atoms with Gasteiger partial charge in [0.25, 0.3) is 0 Å². The number of hydrogen-bond acceptors (Lipinski definition) is 5. The zero-order valence-electron chi connectivity index (χ0n) is 17.0. The molecule has 0 saturated carbocycles. The van der Waals surface area contributed by atoms with E-state index in [4.69, 9.17) is 4.42 Å². The summed E-state index contributed by atoms with van der Waals surface area (Å²) in [4.78, 5) is 17.2. The van der Waals surface area contributed by atoms with E-state index in [1.807, 2.05) is 60.7 Å². The Hall–Kier alpha value is -3.45. The standard InChI is InChI=1S/C24H22N2O4S/c1-2-31(28,29)19-13-14-22-21(15-19)25-24(30-22)26-23(27)16-20(17-9-5-3-6-10-17)18-11-7-4-8-12-18/h3-15,20H,2,16H2,1H3,(H,25,26,27). The number of sulfone groups is 1. The maximum Gasteiger partial charge on any atom is 0.302 e.